The fourth-order valence-electron chi connectivity index (χ4n) is 2.18. The molecular weight excluding hydrogens is 186 g/mol. The molecule has 84 valence electrons. The number of rotatable bonds is 4. The van der Waals surface area contributed by atoms with Crippen LogP contribution in [-0.2, 0) is 6.54 Å². The van der Waals surface area contributed by atoms with Gasteiger partial charge in [-0.05, 0) is 33.6 Å². The van der Waals surface area contributed by atoms with Crippen LogP contribution in [0.5, 0.6) is 0 Å². The van der Waals surface area contributed by atoms with Crippen molar-refractivity contribution in [3.63, 3.8) is 0 Å². The molecule has 0 atom stereocenters. The maximum atomic E-state index is 4.47. The van der Waals surface area contributed by atoms with E-state index in [2.05, 4.69) is 35.6 Å². The van der Waals surface area contributed by atoms with E-state index in [0.717, 1.165) is 12.6 Å². The average molecular weight is 207 g/mol. The van der Waals surface area contributed by atoms with E-state index in [-0.39, 0.29) is 0 Å². The Morgan fingerprint density at radius 2 is 2.27 bits per heavy atom. The molecule has 1 N–H and O–H groups in total. The molecular formula is C12H21N3. The molecule has 0 bridgehead atoms. The Kier molecular flexibility index (Phi) is 3.10. The van der Waals surface area contributed by atoms with E-state index >= 15 is 0 Å². The van der Waals surface area contributed by atoms with Crippen LogP contribution in [0.3, 0.4) is 0 Å². The van der Waals surface area contributed by atoms with E-state index in [1.165, 1.54) is 30.8 Å². The van der Waals surface area contributed by atoms with Crippen LogP contribution in [-0.4, -0.2) is 15.6 Å². The average Bonchev–Trinajstić information content (AvgIpc) is 2.44. The zero-order chi connectivity index (χ0) is 10.8. The van der Waals surface area contributed by atoms with Gasteiger partial charge in [-0.3, -0.25) is 0 Å². The van der Waals surface area contributed by atoms with Crippen molar-refractivity contribution in [3.05, 3.63) is 17.7 Å². The molecule has 1 aliphatic carbocycles. The van der Waals surface area contributed by atoms with Crippen LogP contribution in [0.25, 0.3) is 0 Å². The fourth-order valence-corrected chi connectivity index (χ4v) is 2.18. The first-order valence-corrected chi connectivity index (χ1v) is 5.94. The number of aryl methyl sites for hydroxylation is 1. The van der Waals surface area contributed by atoms with Gasteiger partial charge in [0.15, 0.2) is 0 Å². The van der Waals surface area contributed by atoms with Crippen LogP contribution in [0.1, 0.15) is 50.7 Å². The second-order valence-electron chi connectivity index (χ2n) is 4.79. The fraction of sp³-hybridized carbons (Fsp3) is 0.750. The third-order valence-electron chi connectivity index (χ3n) is 3.23. The summed E-state index contributed by atoms with van der Waals surface area (Å²) in [7, 11) is 0. The van der Waals surface area contributed by atoms with Gasteiger partial charge in [0, 0.05) is 24.0 Å². The summed E-state index contributed by atoms with van der Waals surface area (Å²) in [6.45, 7) is 7.46. The van der Waals surface area contributed by atoms with Crippen molar-refractivity contribution in [2.24, 2.45) is 0 Å². The van der Waals surface area contributed by atoms with E-state index in [1.807, 2.05) is 6.20 Å². The normalized spacial score (nSPS) is 17.1. The SMILES string of the molecule is Cc1cnc(CNC2CCC2)n1C(C)C. The topological polar surface area (TPSA) is 29.9 Å². The molecule has 1 aromatic rings. The van der Waals surface area contributed by atoms with Gasteiger partial charge in [0.2, 0.25) is 0 Å². The van der Waals surface area contributed by atoms with Crippen LogP contribution in [0.15, 0.2) is 6.20 Å². The molecule has 3 nitrogen and oxygen atoms in total. The Hall–Kier alpha value is -0.830. The zero-order valence-corrected chi connectivity index (χ0v) is 9.95. The first-order chi connectivity index (χ1) is 7.18. The van der Waals surface area contributed by atoms with Gasteiger partial charge in [0.05, 0.1) is 6.54 Å². The lowest BCUT2D eigenvalue weighted by Crippen LogP contribution is -2.35. The highest BCUT2D eigenvalue weighted by atomic mass is 15.1. The second-order valence-corrected chi connectivity index (χ2v) is 4.79. The third kappa shape index (κ3) is 2.23. The first-order valence-electron chi connectivity index (χ1n) is 5.94. The summed E-state index contributed by atoms with van der Waals surface area (Å²) in [6, 6.07) is 1.24. The van der Waals surface area contributed by atoms with Crippen LogP contribution in [0.4, 0.5) is 0 Å². The Labute approximate surface area is 91.9 Å². The molecule has 1 saturated carbocycles. The summed E-state index contributed by atoms with van der Waals surface area (Å²) in [4.78, 5) is 4.47. The largest absolute Gasteiger partial charge is 0.329 e. The van der Waals surface area contributed by atoms with Crippen molar-refractivity contribution in [2.45, 2.75) is 58.7 Å². The first kappa shape index (κ1) is 10.7. The minimum absolute atomic E-state index is 0.505. The van der Waals surface area contributed by atoms with Crippen molar-refractivity contribution in [2.75, 3.05) is 0 Å². The summed E-state index contributed by atoms with van der Waals surface area (Å²) in [5, 5.41) is 3.56. The number of aromatic nitrogens is 2. The van der Waals surface area contributed by atoms with Gasteiger partial charge >= 0.3 is 0 Å². The Balaban J connectivity index is 2.00. The number of nitrogens with one attached hydrogen (secondary N) is 1. The van der Waals surface area contributed by atoms with Gasteiger partial charge in [-0.2, -0.15) is 0 Å². The minimum atomic E-state index is 0.505. The van der Waals surface area contributed by atoms with Crippen LogP contribution >= 0.6 is 0 Å². The molecule has 15 heavy (non-hydrogen) atoms. The van der Waals surface area contributed by atoms with Gasteiger partial charge in [-0.25, -0.2) is 4.98 Å². The van der Waals surface area contributed by atoms with Crippen molar-refractivity contribution < 1.29 is 0 Å². The lowest BCUT2D eigenvalue weighted by Gasteiger charge is -2.26. The quantitative estimate of drug-likeness (QED) is 0.821. The number of hydrogen-bond acceptors (Lipinski definition) is 2. The molecule has 0 aromatic carbocycles. The van der Waals surface area contributed by atoms with Crippen LogP contribution < -0.4 is 5.32 Å². The minimum Gasteiger partial charge on any atom is -0.329 e. The summed E-state index contributed by atoms with van der Waals surface area (Å²) >= 11 is 0. The molecule has 1 aromatic heterocycles. The predicted molar refractivity (Wildman–Crippen MR) is 61.8 cm³/mol. The Morgan fingerprint density at radius 1 is 1.53 bits per heavy atom. The van der Waals surface area contributed by atoms with E-state index in [0.29, 0.717) is 6.04 Å². The third-order valence-corrected chi connectivity index (χ3v) is 3.23. The summed E-state index contributed by atoms with van der Waals surface area (Å²) in [5.41, 5.74) is 1.26. The molecule has 0 radical (unpaired) electrons. The van der Waals surface area contributed by atoms with Gasteiger partial charge in [0.25, 0.3) is 0 Å². The predicted octanol–water partition coefficient (Wildman–Crippen LogP) is 2.41. The van der Waals surface area contributed by atoms with Crippen LogP contribution in [0.2, 0.25) is 0 Å². The van der Waals surface area contributed by atoms with Gasteiger partial charge < -0.3 is 9.88 Å². The summed E-state index contributed by atoms with van der Waals surface area (Å²) < 4.78 is 2.31. The molecule has 1 aliphatic rings. The number of imidazole rings is 1. The van der Waals surface area contributed by atoms with Crippen molar-refractivity contribution >= 4 is 0 Å². The molecule has 0 aliphatic heterocycles. The van der Waals surface area contributed by atoms with E-state index in [1.54, 1.807) is 0 Å². The highest BCUT2D eigenvalue weighted by molar-refractivity contribution is 5.05. The smallest absolute Gasteiger partial charge is 0.123 e. The molecule has 2 rings (SSSR count). The van der Waals surface area contributed by atoms with E-state index < -0.39 is 0 Å². The Bertz CT molecular complexity index is 324. The molecule has 3 heteroatoms. The lowest BCUT2D eigenvalue weighted by atomic mass is 9.93. The zero-order valence-electron chi connectivity index (χ0n) is 9.95. The molecule has 0 spiro atoms. The maximum absolute atomic E-state index is 4.47. The number of hydrogen-bond donors (Lipinski definition) is 1. The maximum Gasteiger partial charge on any atom is 0.123 e. The molecule has 0 amide bonds. The Morgan fingerprint density at radius 3 is 2.80 bits per heavy atom. The van der Waals surface area contributed by atoms with Gasteiger partial charge in [-0.15, -0.1) is 0 Å². The van der Waals surface area contributed by atoms with E-state index in [9.17, 15) is 0 Å². The molecule has 1 heterocycles. The number of nitrogens with zero attached hydrogens (tertiary/aromatic N) is 2. The van der Waals surface area contributed by atoms with Crippen molar-refractivity contribution in [1.82, 2.24) is 14.9 Å². The van der Waals surface area contributed by atoms with Crippen molar-refractivity contribution in [1.29, 1.82) is 0 Å². The molecule has 0 unspecified atom stereocenters. The summed E-state index contributed by atoms with van der Waals surface area (Å²) in [6.07, 6.45) is 6.02. The lowest BCUT2D eigenvalue weighted by molar-refractivity contribution is 0.331. The monoisotopic (exact) mass is 207 g/mol. The van der Waals surface area contributed by atoms with Gasteiger partial charge in [-0.1, -0.05) is 6.42 Å². The molecule has 1 fully saturated rings. The summed E-state index contributed by atoms with van der Waals surface area (Å²) in [5.74, 6) is 1.18. The molecule has 0 saturated heterocycles. The van der Waals surface area contributed by atoms with E-state index in [4.69, 9.17) is 0 Å². The standard InChI is InChI=1S/C12H21N3/c1-9(2)15-10(3)7-14-12(15)8-13-11-5-4-6-11/h7,9,11,13H,4-6,8H2,1-3H3. The highest BCUT2D eigenvalue weighted by Crippen LogP contribution is 2.19. The van der Waals surface area contributed by atoms with Gasteiger partial charge in [0.1, 0.15) is 5.82 Å². The van der Waals surface area contributed by atoms with Crippen molar-refractivity contribution in [3.8, 4) is 0 Å². The second kappa shape index (κ2) is 4.35. The van der Waals surface area contributed by atoms with Crippen LogP contribution in [0, 0.1) is 6.92 Å². The highest BCUT2D eigenvalue weighted by Gasteiger charge is 2.17.